The van der Waals surface area contributed by atoms with Gasteiger partial charge in [0.1, 0.15) is 5.60 Å². The minimum atomic E-state index is -5.85. The molecule has 0 radical (unpaired) electrons. The van der Waals surface area contributed by atoms with Gasteiger partial charge in [0.15, 0.2) is 5.78 Å². The second-order valence-corrected chi connectivity index (χ2v) is 13.2. The highest BCUT2D eigenvalue weighted by Gasteiger charge is 2.79. The summed E-state index contributed by atoms with van der Waals surface area (Å²) in [7, 11) is 0. The van der Waals surface area contributed by atoms with Crippen LogP contribution >= 0.6 is 11.8 Å². The third-order valence-corrected chi connectivity index (χ3v) is 11.2. The fourth-order valence-electron chi connectivity index (χ4n) is 8.41. The fraction of sp³-hybridized carbons (Fsp3) is 0.485. The van der Waals surface area contributed by atoms with Gasteiger partial charge in [-0.2, -0.15) is 22.0 Å². The lowest BCUT2D eigenvalue weighted by molar-refractivity contribution is -0.362. The van der Waals surface area contributed by atoms with E-state index in [1.165, 1.54) is 6.92 Å². The lowest BCUT2D eigenvalue weighted by Crippen LogP contribution is -2.65. The van der Waals surface area contributed by atoms with Crippen LogP contribution in [0.3, 0.4) is 0 Å². The van der Waals surface area contributed by atoms with E-state index in [9.17, 15) is 23.1 Å². The van der Waals surface area contributed by atoms with Crippen LogP contribution in [0.5, 0.6) is 0 Å². The summed E-state index contributed by atoms with van der Waals surface area (Å²) in [5, 5.41) is 11.4. The van der Waals surface area contributed by atoms with Gasteiger partial charge in [0.2, 0.25) is 0 Å². The number of halogens is 5. The zero-order chi connectivity index (χ0) is 29.4. The first-order valence-electron chi connectivity index (χ1n) is 14.2. The van der Waals surface area contributed by atoms with Crippen molar-refractivity contribution in [3.8, 4) is 11.1 Å². The average Bonchev–Trinajstić information content (AvgIpc) is 3.23. The number of aliphatic hydroxyl groups is 1. The van der Waals surface area contributed by atoms with Crippen molar-refractivity contribution in [1.82, 2.24) is 0 Å². The summed E-state index contributed by atoms with van der Waals surface area (Å²) in [4.78, 5) is 13.4. The smallest absolute Gasteiger partial charge is 0.383 e. The lowest BCUT2D eigenvalue weighted by atomic mass is 9.50. The molecule has 8 heteroatoms. The quantitative estimate of drug-likeness (QED) is 0.286. The number of carbonyl (C=O) groups is 1. The molecule has 0 aromatic heterocycles. The molecule has 5 atom stereocenters. The minimum Gasteiger partial charge on any atom is -0.383 e. The Balaban J connectivity index is 1.47. The Kier molecular flexibility index (Phi) is 6.85. The summed E-state index contributed by atoms with van der Waals surface area (Å²) in [5.41, 5.74) is 1.11. The highest BCUT2D eigenvalue weighted by molar-refractivity contribution is 7.98. The molecule has 0 bridgehead atoms. The number of rotatable bonds is 4. The molecule has 41 heavy (non-hydrogen) atoms. The molecule has 2 fully saturated rings. The standard InChI is InChI=1S/C33H33F5O2S/c1-30-18-27(21-5-3-19(4-6-21)20-7-11-24(41-2)12-8-20)29-25-14-10-23(39)17-22(25)9-13-26(29)28(30)15-16-31(30,40)32(34,35)33(36,37)38/h3-8,11-12,17,26-28,40H,9-10,13-16,18H2,1-2H3/t26-,27+,28-,30-,31-/m0/s1. The number of thioether (sulfide) groups is 1. The molecular weight excluding hydrogens is 555 g/mol. The van der Waals surface area contributed by atoms with Crippen molar-refractivity contribution in [2.24, 2.45) is 17.3 Å². The van der Waals surface area contributed by atoms with Crippen molar-refractivity contribution in [2.45, 2.75) is 80.4 Å². The zero-order valence-corrected chi connectivity index (χ0v) is 23.8. The normalized spacial score (nSPS) is 31.9. The minimum absolute atomic E-state index is 0.0157. The number of hydrogen-bond donors (Lipinski definition) is 1. The molecule has 2 aromatic carbocycles. The molecule has 2 aromatic rings. The molecule has 0 heterocycles. The number of allylic oxidation sites excluding steroid dienone is 4. The number of hydrogen-bond acceptors (Lipinski definition) is 3. The molecule has 1 N–H and O–H groups in total. The first kappa shape index (κ1) is 28.7. The predicted octanol–water partition coefficient (Wildman–Crippen LogP) is 8.90. The Morgan fingerprint density at radius 2 is 1.54 bits per heavy atom. The maximum atomic E-state index is 15.2. The topological polar surface area (TPSA) is 37.3 Å². The molecule has 0 saturated heterocycles. The van der Waals surface area contributed by atoms with Crippen LogP contribution in [0.4, 0.5) is 22.0 Å². The Labute approximate surface area is 241 Å². The number of carbonyl (C=O) groups excluding carboxylic acids is 1. The molecule has 4 aliphatic rings. The van der Waals surface area contributed by atoms with Gasteiger partial charge in [-0.3, -0.25) is 4.79 Å². The first-order chi connectivity index (χ1) is 19.3. The monoisotopic (exact) mass is 588 g/mol. The van der Waals surface area contributed by atoms with Gasteiger partial charge in [-0.15, -0.1) is 11.8 Å². The van der Waals surface area contributed by atoms with Gasteiger partial charge in [0.25, 0.3) is 0 Å². The molecule has 0 unspecified atom stereocenters. The van der Waals surface area contributed by atoms with Gasteiger partial charge in [-0.05, 0) is 103 Å². The van der Waals surface area contributed by atoms with Gasteiger partial charge >= 0.3 is 12.1 Å². The Bertz CT molecular complexity index is 1430. The molecule has 2 nitrogen and oxygen atoms in total. The summed E-state index contributed by atoms with van der Waals surface area (Å²) >= 11 is 1.65. The summed E-state index contributed by atoms with van der Waals surface area (Å²) in [5.74, 6) is -6.34. The van der Waals surface area contributed by atoms with Crippen LogP contribution in [0.1, 0.15) is 63.4 Å². The van der Waals surface area contributed by atoms with E-state index in [1.54, 1.807) is 17.8 Å². The van der Waals surface area contributed by atoms with E-state index in [2.05, 4.69) is 0 Å². The van der Waals surface area contributed by atoms with E-state index < -0.39 is 41.4 Å². The SMILES string of the molecule is CSc1ccc(-c2ccc([C@H]3C[C@@]4(C)[C@@H](CC[C@@]4(O)C(F)(F)C(F)(F)F)[C@@H]4CCC5=CC(=O)CCC5=C43)cc2)cc1. The van der Waals surface area contributed by atoms with Crippen molar-refractivity contribution in [3.05, 3.63) is 76.9 Å². The Morgan fingerprint density at radius 3 is 2.15 bits per heavy atom. The van der Waals surface area contributed by atoms with E-state index in [-0.39, 0.29) is 24.5 Å². The lowest BCUT2D eigenvalue weighted by Gasteiger charge is -2.56. The van der Waals surface area contributed by atoms with E-state index in [4.69, 9.17) is 0 Å². The van der Waals surface area contributed by atoms with Gasteiger partial charge in [-0.25, -0.2) is 0 Å². The predicted molar refractivity (Wildman–Crippen MR) is 150 cm³/mol. The van der Waals surface area contributed by atoms with Crippen LogP contribution in [-0.4, -0.2) is 34.8 Å². The summed E-state index contributed by atoms with van der Waals surface area (Å²) < 4.78 is 71.6. The molecule has 4 aliphatic carbocycles. The van der Waals surface area contributed by atoms with Crippen molar-refractivity contribution < 1.29 is 31.9 Å². The summed E-state index contributed by atoms with van der Waals surface area (Å²) in [6.07, 6.45) is -0.580. The van der Waals surface area contributed by atoms with Crippen LogP contribution in [0.15, 0.2) is 76.2 Å². The van der Waals surface area contributed by atoms with Gasteiger partial charge in [-0.1, -0.05) is 48.9 Å². The summed E-state index contributed by atoms with van der Waals surface area (Å²) in [6, 6.07) is 16.0. The van der Waals surface area contributed by atoms with Crippen LogP contribution in [0.25, 0.3) is 11.1 Å². The highest BCUT2D eigenvalue weighted by Crippen LogP contribution is 2.70. The number of alkyl halides is 5. The summed E-state index contributed by atoms with van der Waals surface area (Å²) in [6.45, 7) is 1.45. The molecule has 0 amide bonds. The van der Waals surface area contributed by atoms with Crippen LogP contribution in [0, 0.1) is 17.3 Å². The number of benzene rings is 2. The van der Waals surface area contributed by atoms with E-state index in [0.717, 1.165) is 38.3 Å². The van der Waals surface area contributed by atoms with E-state index in [1.807, 2.05) is 54.8 Å². The van der Waals surface area contributed by atoms with Gasteiger partial charge < -0.3 is 5.11 Å². The largest absolute Gasteiger partial charge is 0.456 e. The van der Waals surface area contributed by atoms with Crippen LogP contribution in [0.2, 0.25) is 0 Å². The number of fused-ring (bicyclic) bond motifs is 4. The van der Waals surface area contributed by atoms with Gasteiger partial charge in [0.05, 0.1) is 0 Å². The van der Waals surface area contributed by atoms with Crippen molar-refractivity contribution in [2.75, 3.05) is 6.26 Å². The second kappa shape index (κ2) is 9.80. The fourth-order valence-corrected chi connectivity index (χ4v) is 8.81. The first-order valence-corrected chi connectivity index (χ1v) is 15.4. The second-order valence-electron chi connectivity index (χ2n) is 12.3. The van der Waals surface area contributed by atoms with E-state index >= 15 is 8.78 Å². The van der Waals surface area contributed by atoms with Crippen LogP contribution in [-0.2, 0) is 4.79 Å². The molecule has 6 rings (SSSR count). The van der Waals surface area contributed by atoms with Crippen LogP contribution < -0.4 is 0 Å². The van der Waals surface area contributed by atoms with Crippen molar-refractivity contribution >= 4 is 17.5 Å². The third kappa shape index (κ3) is 4.26. The molecule has 218 valence electrons. The van der Waals surface area contributed by atoms with Crippen molar-refractivity contribution in [3.63, 3.8) is 0 Å². The third-order valence-electron chi connectivity index (χ3n) is 10.5. The maximum absolute atomic E-state index is 15.2. The number of ketones is 1. The zero-order valence-electron chi connectivity index (χ0n) is 23.0. The van der Waals surface area contributed by atoms with Crippen molar-refractivity contribution in [1.29, 1.82) is 0 Å². The van der Waals surface area contributed by atoms with Gasteiger partial charge in [0, 0.05) is 22.6 Å². The average molecular weight is 589 g/mol. The molecular formula is C33H33F5O2S. The Morgan fingerprint density at radius 1 is 0.902 bits per heavy atom. The molecule has 2 saturated carbocycles. The maximum Gasteiger partial charge on any atom is 0.456 e. The highest BCUT2D eigenvalue weighted by atomic mass is 32.2. The Hall–Kier alpha value is -2.45. The molecule has 0 spiro atoms. The molecule has 0 aliphatic heterocycles. The van der Waals surface area contributed by atoms with E-state index in [0.29, 0.717) is 25.7 Å².